The van der Waals surface area contributed by atoms with E-state index in [2.05, 4.69) is 23.5 Å². The Balaban J connectivity index is 1.75. The Bertz CT molecular complexity index is 635. The first-order chi connectivity index (χ1) is 10.7. The highest BCUT2D eigenvalue weighted by Gasteiger charge is 2.29. The summed E-state index contributed by atoms with van der Waals surface area (Å²) in [7, 11) is 1.69. The molecule has 2 aromatic rings. The van der Waals surface area contributed by atoms with Gasteiger partial charge in [-0.1, -0.05) is 30.3 Å². The number of rotatable bonds is 5. The number of fused-ring (bicyclic) bond motifs is 1. The lowest BCUT2D eigenvalue weighted by molar-refractivity contribution is -0.0617. The van der Waals surface area contributed by atoms with E-state index in [1.165, 1.54) is 10.8 Å². The second-order valence-corrected chi connectivity index (χ2v) is 5.91. The fourth-order valence-corrected chi connectivity index (χ4v) is 3.04. The Kier molecular flexibility index (Phi) is 4.62. The normalized spacial score (nSPS) is 17.5. The number of nitrogens with one attached hydrogen (secondary N) is 1. The van der Waals surface area contributed by atoms with Crippen molar-refractivity contribution in [2.45, 2.75) is 25.0 Å². The number of aliphatic hydroxyl groups is 1. The molecule has 1 saturated heterocycles. The molecule has 4 heteroatoms. The van der Waals surface area contributed by atoms with E-state index < -0.39 is 5.60 Å². The number of methoxy groups -OCH3 is 1. The maximum atomic E-state index is 10.5. The van der Waals surface area contributed by atoms with Crippen LogP contribution < -0.4 is 10.1 Å². The summed E-state index contributed by atoms with van der Waals surface area (Å²) in [6.45, 7) is 2.52. The van der Waals surface area contributed by atoms with Crippen molar-refractivity contribution >= 4 is 10.8 Å². The number of hydrogen-bond donors (Lipinski definition) is 2. The third-order valence-electron chi connectivity index (χ3n) is 4.40. The summed E-state index contributed by atoms with van der Waals surface area (Å²) in [5.41, 5.74) is 0.479. The zero-order valence-corrected chi connectivity index (χ0v) is 13.0. The number of ether oxygens (including phenoxy) is 2. The standard InChI is InChI=1S/C18H23NO3/c1-21-17-7-6-14-4-2-3-5-15(14)16(17)12-19-13-18(20)8-10-22-11-9-18/h2-7,19-20H,8-13H2,1H3. The van der Waals surface area contributed by atoms with Gasteiger partial charge >= 0.3 is 0 Å². The molecule has 22 heavy (non-hydrogen) atoms. The molecule has 2 N–H and O–H groups in total. The minimum Gasteiger partial charge on any atom is -0.496 e. The summed E-state index contributed by atoms with van der Waals surface area (Å²) >= 11 is 0. The van der Waals surface area contributed by atoms with Gasteiger partial charge < -0.3 is 19.9 Å². The van der Waals surface area contributed by atoms with Crippen LogP contribution in [-0.4, -0.2) is 37.6 Å². The smallest absolute Gasteiger partial charge is 0.123 e. The van der Waals surface area contributed by atoms with Gasteiger partial charge in [0.15, 0.2) is 0 Å². The van der Waals surface area contributed by atoms with E-state index in [4.69, 9.17) is 9.47 Å². The average molecular weight is 301 g/mol. The molecule has 2 aromatic carbocycles. The Morgan fingerprint density at radius 2 is 1.95 bits per heavy atom. The van der Waals surface area contributed by atoms with Crippen LogP contribution in [0.2, 0.25) is 0 Å². The minimum absolute atomic E-state index is 0.572. The van der Waals surface area contributed by atoms with Gasteiger partial charge in [-0.25, -0.2) is 0 Å². The summed E-state index contributed by atoms with van der Waals surface area (Å²) in [4.78, 5) is 0. The fraction of sp³-hybridized carbons (Fsp3) is 0.444. The van der Waals surface area contributed by atoms with Crippen LogP contribution in [0.25, 0.3) is 10.8 Å². The Morgan fingerprint density at radius 1 is 1.18 bits per heavy atom. The van der Waals surface area contributed by atoms with Gasteiger partial charge in [0.1, 0.15) is 5.75 Å². The molecular weight excluding hydrogens is 278 g/mol. The molecule has 0 aliphatic carbocycles. The quantitative estimate of drug-likeness (QED) is 0.891. The van der Waals surface area contributed by atoms with Gasteiger partial charge in [-0.2, -0.15) is 0 Å². The average Bonchev–Trinajstić information content (AvgIpc) is 2.55. The maximum absolute atomic E-state index is 10.5. The van der Waals surface area contributed by atoms with Crippen LogP contribution in [0.5, 0.6) is 5.75 Å². The van der Waals surface area contributed by atoms with Crippen molar-refractivity contribution in [3.63, 3.8) is 0 Å². The van der Waals surface area contributed by atoms with Crippen LogP contribution in [-0.2, 0) is 11.3 Å². The molecule has 1 fully saturated rings. The molecule has 0 amide bonds. The largest absolute Gasteiger partial charge is 0.496 e. The molecule has 1 aliphatic rings. The highest BCUT2D eigenvalue weighted by molar-refractivity contribution is 5.87. The monoisotopic (exact) mass is 301 g/mol. The van der Waals surface area contributed by atoms with Crippen molar-refractivity contribution in [1.82, 2.24) is 5.32 Å². The second-order valence-electron chi connectivity index (χ2n) is 5.91. The van der Waals surface area contributed by atoms with Crippen LogP contribution in [0.3, 0.4) is 0 Å². The predicted molar refractivity (Wildman–Crippen MR) is 87.2 cm³/mol. The highest BCUT2D eigenvalue weighted by atomic mass is 16.5. The molecule has 3 rings (SSSR count). The Morgan fingerprint density at radius 3 is 2.73 bits per heavy atom. The minimum atomic E-state index is -0.657. The van der Waals surface area contributed by atoms with E-state index in [9.17, 15) is 5.11 Å². The third kappa shape index (κ3) is 3.24. The molecule has 1 aliphatic heterocycles. The molecule has 0 saturated carbocycles. The van der Waals surface area contributed by atoms with Crippen LogP contribution in [0.4, 0.5) is 0 Å². The first-order valence-electron chi connectivity index (χ1n) is 7.77. The molecular formula is C18H23NO3. The van der Waals surface area contributed by atoms with Gasteiger partial charge in [-0.3, -0.25) is 0 Å². The number of hydrogen-bond acceptors (Lipinski definition) is 4. The zero-order valence-electron chi connectivity index (χ0n) is 13.0. The maximum Gasteiger partial charge on any atom is 0.123 e. The lowest BCUT2D eigenvalue weighted by Crippen LogP contribution is -2.44. The fourth-order valence-electron chi connectivity index (χ4n) is 3.04. The van der Waals surface area contributed by atoms with E-state index >= 15 is 0 Å². The van der Waals surface area contributed by atoms with Gasteiger partial charge in [0.05, 0.1) is 12.7 Å². The van der Waals surface area contributed by atoms with E-state index in [-0.39, 0.29) is 0 Å². The number of benzene rings is 2. The first kappa shape index (κ1) is 15.3. The summed E-state index contributed by atoms with van der Waals surface area (Å²) in [6, 6.07) is 12.4. The molecule has 0 radical (unpaired) electrons. The van der Waals surface area contributed by atoms with Crippen LogP contribution in [0, 0.1) is 0 Å². The van der Waals surface area contributed by atoms with E-state index in [1.807, 2.05) is 18.2 Å². The molecule has 118 valence electrons. The van der Waals surface area contributed by atoms with Crippen LogP contribution in [0.1, 0.15) is 18.4 Å². The van der Waals surface area contributed by atoms with Crippen LogP contribution in [0.15, 0.2) is 36.4 Å². The predicted octanol–water partition coefficient (Wildman–Crippen LogP) is 2.48. The first-order valence-corrected chi connectivity index (χ1v) is 7.77. The lowest BCUT2D eigenvalue weighted by Gasteiger charge is -2.32. The van der Waals surface area contributed by atoms with Gasteiger partial charge in [-0.05, 0) is 16.8 Å². The van der Waals surface area contributed by atoms with Gasteiger partial charge in [0, 0.05) is 44.7 Å². The van der Waals surface area contributed by atoms with Crippen molar-refractivity contribution in [2.75, 3.05) is 26.9 Å². The SMILES string of the molecule is COc1ccc2ccccc2c1CNCC1(O)CCOCC1. The highest BCUT2D eigenvalue weighted by Crippen LogP contribution is 2.28. The van der Waals surface area contributed by atoms with Gasteiger partial charge in [-0.15, -0.1) is 0 Å². The van der Waals surface area contributed by atoms with Crippen molar-refractivity contribution in [2.24, 2.45) is 0 Å². The summed E-state index contributed by atoms with van der Waals surface area (Å²) < 4.78 is 10.8. The van der Waals surface area contributed by atoms with Gasteiger partial charge in [0.2, 0.25) is 0 Å². The summed E-state index contributed by atoms with van der Waals surface area (Å²) in [5, 5.41) is 16.3. The van der Waals surface area contributed by atoms with E-state index in [0.29, 0.717) is 39.1 Å². The van der Waals surface area contributed by atoms with Crippen molar-refractivity contribution in [1.29, 1.82) is 0 Å². The third-order valence-corrected chi connectivity index (χ3v) is 4.40. The lowest BCUT2D eigenvalue weighted by atomic mass is 9.94. The molecule has 4 nitrogen and oxygen atoms in total. The Labute approximate surface area is 131 Å². The molecule has 0 spiro atoms. The van der Waals surface area contributed by atoms with Crippen molar-refractivity contribution < 1.29 is 14.6 Å². The molecule has 0 unspecified atom stereocenters. The topological polar surface area (TPSA) is 50.7 Å². The molecule has 0 aromatic heterocycles. The van der Waals surface area contributed by atoms with E-state index in [1.54, 1.807) is 7.11 Å². The summed E-state index contributed by atoms with van der Waals surface area (Å²) in [6.07, 6.45) is 1.37. The van der Waals surface area contributed by atoms with E-state index in [0.717, 1.165) is 11.3 Å². The van der Waals surface area contributed by atoms with Gasteiger partial charge in [0.25, 0.3) is 0 Å². The Hall–Kier alpha value is -1.62. The zero-order chi connectivity index (χ0) is 15.4. The van der Waals surface area contributed by atoms with Crippen molar-refractivity contribution in [3.05, 3.63) is 42.0 Å². The second kappa shape index (κ2) is 6.65. The van der Waals surface area contributed by atoms with Crippen LogP contribution >= 0.6 is 0 Å². The molecule has 0 atom stereocenters. The molecule has 0 bridgehead atoms. The molecule has 1 heterocycles. The summed E-state index contributed by atoms with van der Waals surface area (Å²) in [5.74, 6) is 0.880. The van der Waals surface area contributed by atoms with Crippen molar-refractivity contribution in [3.8, 4) is 5.75 Å².